The van der Waals surface area contributed by atoms with Gasteiger partial charge in [-0.15, -0.1) is 0 Å². The molecule has 2 aromatic heterocycles. The molecule has 0 saturated carbocycles. The third-order valence-electron chi connectivity index (χ3n) is 7.00. The smallest absolute Gasteiger partial charge is 0.270 e. The molecule has 43 heavy (non-hydrogen) atoms. The van der Waals surface area contributed by atoms with Gasteiger partial charge in [0.15, 0.2) is 0 Å². The van der Waals surface area contributed by atoms with Crippen LogP contribution in [-0.2, 0) is 13.1 Å². The molecular formula is C33H30N6O4. The first-order chi connectivity index (χ1) is 20.9. The summed E-state index contributed by atoms with van der Waals surface area (Å²) in [6.07, 6.45) is 0. The van der Waals surface area contributed by atoms with Crippen molar-refractivity contribution in [3.05, 3.63) is 119 Å². The summed E-state index contributed by atoms with van der Waals surface area (Å²) in [6, 6.07) is 25.1. The van der Waals surface area contributed by atoms with Crippen LogP contribution in [0.3, 0.4) is 0 Å². The van der Waals surface area contributed by atoms with Gasteiger partial charge in [-0.3, -0.25) is 19.2 Å². The van der Waals surface area contributed by atoms with E-state index in [2.05, 4.69) is 31.2 Å². The number of nitrogens with zero attached hydrogens (tertiary/aromatic N) is 2. The molecule has 0 fully saturated rings. The third kappa shape index (κ3) is 6.18. The second-order valence-electron chi connectivity index (χ2n) is 9.67. The van der Waals surface area contributed by atoms with Gasteiger partial charge in [0, 0.05) is 26.7 Å². The molecule has 10 heteroatoms. The maximum atomic E-state index is 13.1. The number of nitrogens with one attached hydrogen (secondary N) is 4. The van der Waals surface area contributed by atoms with Crippen LogP contribution in [0.25, 0.3) is 21.5 Å². The van der Waals surface area contributed by atoms with Gasteiger partial charge < -0.3 is 21.3 Å². The van der Waals surface area contributed by atoms with E-state index in [4.69, 9.17) is 0 Å². The summed E-state index contributed by atoms with van der Waals surface area (Å²) in [5, 5.41) is 14.8. The minimum Gasteiger partial charge on any atom is -0.354 e. The molecule has 0 unspecified atom stereocenters. The molecule has 0 spiro atoms. The van der Waals surface area contributed by atoms with Crippen LogP contribution in [0.2, 0.25) is 0 Å². The molecule has 0 saturated heterocycles. The lowest BCUT2D eigenvalue weighted by Gasteiger charge is -2.18. The van der Waals surface area contributed by atoms with Gasteiger partial charge in [-0.1, -0.05) is 60.7 Å². The molecule has 0 bridgehead atoms. The molecule has 5 rings (SSSR count). The maximum Gasteiger partial charge on any atom is 0.270 e. The van der Waals surface area contributed by atoms with E-state index in [9.17, 15) is 19.2 Å². The lowest BCUT2D eigenvalue weighted by atomic mass is 9.91. The molecule has 0 atom stereocenters. The number of fused-ring (bicyclic) bond motifs is 2. The average Bonchev–Trinajstić information content (AvgIpc) is 3.05. The highest BCUT2D eigenvalue weighted by atomic mass is 16.2. The predicted octanol–water partition coefficient (Wildman–Crippen LogP) is 3.75. The van der Waals surface area contributed by atoms with Crippen molar-refractivity contribution in [2.24, 2.45) is 0 Å². The van der Waals surface area contributed by atoms with E-state index in [0.717, 1.165) is 32.7 Å². The Bertz CT molecular complexity index is 1810. The van der Waals surface area contributed by atoms with Gasteiger partial charge in [-0.25, -0.2) is 9.97 Å². The molecule has 4 N–H and O–H groups in total. The van der Waals surface area contributed by atoms with Crippen molar-refractivity contribution in [1.82, 2.24) is 31.2 Å². The van der Waals surface area contributed by atoms with Crippen LogP contribution in [0, 0.1) is 0 Å². The Morgan fingerprint density at radius 3 is 1.21 bits per heavy atom. The molecule has 0 radical (unpaired) electrons. The highest BCUT2D eigenvalue weighted by Crippen LogP contribution is 2.33. The number of rotatable bonds is 9. The number of amides is 4. The largest absolute Gasteiger partial charge is 0.354 e. The SMILES string of the molecule is CCNC(=O)c1cccc(C(=O)NCc2c3ccccc3c(CNC(=O)c3cccc(C(=O)NC)n3)c3ccccc23)n1. The minimum atomic E-state index is -0.405. The molecule has 0 aliphatic heterocycles. The van der Waals surface area contributed by atoms with Crippen LogP contribution in [-0.4, -0.2) is 47.2 Å². The highest BCUT2D eigenvalue weighted by molar-refractivity contribution is 6.07. The van der Waals surface area contributed by atoms with Crippen LogP contribution in [0.4, 0.5) is 0 Å². The van der Waals surface area contributed by atoms with E-state index >= 15 is 0 Å². The number of carbonyl (C=O) groups excluding carboxylic acids is 4. The number of aromatic nitrogens is 2. The van der Waals surface area contributed by atoms with Crippen LogP contribution in [0.15, 0.2) is 84.9 Å². The fraction of sp³-hybridized carbons (Fsp3) is 0.152. The van der Waals surface area contributed by atoms with Crippen molar-refractivity contribution < 1.29 is 19.2 Å². The van der Waals surface area contributed by atoms with E-state index in [-0.39, 0.29) is 47.7 Å². The van der Waals surface area contributed by atoms with Crippen LogP contribution < -0.4 is 21.3 Å². The quantitative estimate of drug-likeness (QED) is 0.198. The lowest BCUT2D eigenvalue weighted by molar-refractivity contribution is 0.0929. The zero-order chi connectivity index (χ0) is 30.3. The van der Waals surface area contributed by atoms with Gasteiger partial charge in [0.05, 0.1) is 0 Å². The standard InChI is InChI=1S/C33H30N6O4/c1-3-35-31(41)27-15-9-17-29(39-27)33(43)37-19-25-22-12-6-4-10-20(22)24(21-11-5-7-13-23(21)25)18-36-32(42)28-16-8-14-26(38-28)30(40)34-2/h4-17H,3,18-19H2,1-2H3,(H,34,40)(H,35,41)(H,36,42)(H,37,43). The number of pyridine rings is 2. The fourth-order valence-corrected chi connectivity index (χ4v) is 4.96. The number of benzene rings is 3. The molecular weight excluding hydrogens is 544 g/mol. The first-order valence-corrected chi connectivity index (χ1v) is 13.8. The van der Waals surface area contributed by atoms with E-state index in [1.807, 2.05) is 55.5 Å². The van der Waals surface area contributed by atoms with Gasteiger partial charge in [-0.05, 0) is 63.9 Å². The first-order valence-electron chi connectivity index (χ1n) is 13.8. The van der Waals surface area contributed by atoms with Gasteiger partial charge in [0.25, 0.3) is 23.6 Å². The molecule has 216 valence electrons. The molecule has 3 aromatic carbocycles. The predicted molar refractivity (Wildman–Crippen MR) is 164 cm³/mol. The van der Waals surface area contributed by atoms with Crippen LogP contribution in [0.1, 0.15) is 60.0 Å². The molecule has 0 aliphatic rings. The second kappa shape index (κ2) is 12.9. The Labute approximate surface area is 247 Å². The fourth-order valence-electron chi connectivity index (χ4n) is 4.96. The van der Waals surface area contributed by atoms with Crippen molar-refractivity contribution in [2.75, 3.05) is 13.6 Å². The summed E-state index contributed by atoms with van der Waals surface area (Å²) in [4.78, 5) is 58.8. The molecule has 10 nitrogen and oxygen atoms in total. The van der Waals surface area contributed by atoms with Crippen molar-refractivity contribution in [1.29, 1.82) is 0 Å². The minimum absolute atomic E-state index is 0.138. The van der Waals surface area contributed by atoms with Crippen molar-refractivity contribution in [3.8, 4) is 0 Å². The maximum absolute atomic E-state index is 13.1. The molecule has 2 heterocycles. The van der Waals surface area contributed by atoms with Gasteiger partial charge >= 0.3 is 0 Å². The Kier molecular flexibility index (Phi) is 8.66. The molecule has 5 aromatic rings. The summed E-state index contributed by atoms with van der Waals surface area (Å²) in [7, 11) is 1.50. The molecule has 0 aliphatic carbocycles. The monoisotopic (exact) mass is 574 g/mol. The average molecular weight is 575 g/mol. The van der Waals surface area contributed by atoms with Gasteiger partial charge in [0.1, 0.15) is 22.8 Å². The van der Waals surface area contributed by atoms with E-state index < -0.39 is 11.8 Å². The van der Waals surface area contributed by atoms with Crippen molar-refractivity contribution in [2.45, 2.75) is 20.0 Å². The van der Waals surface area contributed by atoms with Crippen LogP contribution in [0.5, 0.6) is 0 Å². The summed E-state index contributed by atoms with van der Waals surface area (Å²) in [6.45, 7) is 2.70. The Hall–Kier alpha value is -5.64. The number of hydrogen-bond donors (Lipinski definition) is 4. The normalized spacial score (nSPS) is 10.7. The zero-order valence-corrected chi connectivity index (χ0v) is 23.7. The summed E-state index contributed by atoms with van der Waals surface area (Å²) in [5.74, 6) is -1.52. The van der Waals surface area contributed by atoms with Crippen molar-refractivity contribution in [3.63, 3.8) is 0 Å². The third-order valence-corrected chi connectivity index (χ3v) is 7.00. The van der Waals surface area contributed by atoms with Crippen LogP contribution >= 0.6 is 0 Å². The van der Waals surface area contributed by atoms with Gasteiger partial charge in [0.2, 0.25) is 0 Å². The van der Waals surface area contributed by atoms with Crippen molar-refractivity contribution >= 4 is 45.2 Å². The number of hydrogen-bond acceptors (Lipinski definition) is 6. The highest BCUT2D eigenvalue weighted by Gasteiger charge is 2.18. The van der Waals surface area contributed by atoms with E-state index in [1.165, 1.54) is 7.05 Å². The van der Waals surface area contributed by atoms with Gasteiger partial charge in [-0.2, -0.15) is 0 Å². The molecule has 4 amide bonds. The topological polar surface area (TPSA) is 142 Å². The zero-order valence-electron chi connectivity index (χ0n) is 23.7. The lowest BCUT2D eigenvalue weighted by Crippen LogP contribution is -2.27. The summed E-state index contributed by atoms with van der Waals surface area (Å²) >= 11 is 0. The Balaban J connectivity index is 1.44. The number of carbonyl (C=O) groups is 4. The summed E-state index contributed by atoms with van der Waals surface area (Å²) < 4.78 is 0. The van der Waals surface area contributed by atoms with E-state index in [0.29, 0.717) is 6.54 Å². The first kappa shape index (κ1) is 28.9. The van der Waals surface area contributed by atoms with E-state index in [1.54, 1.807) is 36.4 Å². The Morgan fingerprint density at radius 1 is 0.512 bits per heavy atom. The Morgan fingerprint density at radius 2 is 0.860 bits per heavy atom. The second-order valence-corrected chi connectivity index (χ2v) is 9.67. The summed E-state index contributed by atoms with van der Waals surface area (Å²) in [5.41, 5.74) is 2.43.